The van der Waals surface area contributed by atoms with Crippen LogP contribution >= 0.6 is 0 Å². The molecule has 5 fully saturated rings. The van der Waals surface area contributed by atoms with Gasteiger partial charge in [0.05, 0.1) is 17.8 Å². The number of H-pyrrole nitrogens is 1. The molecule has 1 saturated carbocycles. The summed E-state index contributed by atoms with van der Waals surface area (Å²) in [6.07, 6.45) is 3.36. The lowest BCUT2D eigenvalue weighted by atomic mass is 9.72. The highest BCUT2D eigenvalue weighted by molar-refractivity contribution is 6.06. The molecule has 1 N–H and O–H groups in total. The number of likely N-dealkylation sites (tertiary alicyclic amines) is 2. The van der Waals surface area contributed by atoms with Crippen LogP contribution in [0.1, 0.15) is 49.1 Å². The molecule has 0 unspecified atom stereocenters. The van der Waals surface area contributed by atoms with E-state index in [4.69, 9.17) is 19.4 Å². The molecule has 5 aliphatic rings. The summed E-state index contributed by atoms with van der Waals surface area (Å²) in [5.41, 5.74) is 4.60. The van der Waals surface area contributed by atoms with Crippen molar-refractivity contribution in [3.63, 3.8) is 0 Å². The number of fused-ring (bicyclic) bond motifs is 2. The van der Waals surface area contributed by atoms with E-state index in [-0.39, 0.29) is 29.1 Å². The number of anilines is 2. The Bertz CT molecular complexity index is 2080. The molecular weight excluding hydrogens is 685 g/mol. The van der Waals surface area contributed by atoms with Crippen molar-refractivity contribution >= 4 is 39.5 Å². The summed E-state index contributed by atoms with van der Waals surface area (Å²) in [5, 5.41) is 8.88. The summed E-state index contributed by atoms with van der Waals surface area (Å²) in [7, 11) is 1.74. The molecule has 2 aromatic heterocycles. The largest absolute Gasteiger partial charge is 0.481 e. The number of benzene rings is 2. The van der Waals surface area contributed by atoms with Crippen molar-refractivity contribution in [1.82, 2.24) is 30.0 Å². The lowest BCUT2D eigenvalue weighted by molar-refractivity contribution is -0.153. The highest BCUT2D eigenvalue weighted by Crippen LogP contribution is 2.53. The Hall–Kier alpha value is -4.43. The standard InChI is InChI=1S/C39H45F3N8O3/c1-4-31(51)50-20-38(21-50)10-13-47(14-11-38)36-28-15-27(24-6-7-24)33(32-23(2)5-8-30-29(32)16-43-46-30)35(53-22-39(40,41)42)34(28)44-37(45-36)48-12-9-25(17-48)49-18-26(19-49)52-3/h4-5,8,15-16,24-26H,1,6-7,9-14,17-22H2,2-3H3,(H,43,46)/t25-/m1/s1. The van der Waals surface area contributed by atoms with Crippen LogP contribution < -0.4 is 14.5 Å². The van der Waals surface area contributed by atoms with Crippen LogP contribution in [-0.4, -0.2) is 120 Å². The van der Waals surface area contributed by atoms with E-state index in [1.165, 1.54) is 6.08 Å². The topological polar surface area (TPSA) is 103 Å². The van der Waals surface area contributed by atoms with Gasteiger partial charge in [-0.05, 0) is 79.8 Å². The second-order valence-electron chi connectivity index (χ2n) is 15.8. The highest BCUT2D eigenvalue weighted by Gasteiger charge is 2.47. The number of piperidine rings is 1. The van der Waals surface area contributed by atoms with Crippen LogP contribution in [0, 0.1) is 12.3 Å². The maximum Gasteiger partial charge on any atom is 0.422 e. The number of aromatic nitrogens is 4. The molecule has 2 aromatic carbocycles. The van der Waals surface area contributed by atoms with Crippen LogP contribution in [0.4, 0.5) is 24.9 Å². The fourth-order valence-electron chi connectivity index (χ4n) is 9.03. The molecule has 0 bridgehead atoms. The van der Waals surface area contributed by atoms with Gasteiger partial charge in [-0.3, -0.25) is 14.8 Å². The molecule has 6 heterocycles. The van der Waals surface area contributed by atoms with Gasteiger partial charge in [0.25, 0.3) is 0 Å². The summed E-state index contributed by atoms with van der Waals surface area (Å²) in [5.74, 6) is 1.52. The highest BCUT2D eigenvalue weighted by atomic mass is 19.4. The summed E-state index contributed by atoms with van der Waals surface area (Å²) in [6.45, 7) is 10.2. The van der Waals surface area contributed by atoms with E-state index in [1.807, 2.05) is 24.0 Å². The van der Waals surface area contributed by atoms with Crippen LogP contribution in [0.2, 0.25) is 0 Å². The van der Waals surface area contributed by atoms with Gasteiger partial charge in [-0.1, -0.05) is 12.6 Å². The zero-order valence-electron chi connectivity index (χ0n) is 30.2. The number of rotatable bonds is 9. The van der Waals surface area contributed by atoms with Crippen molar-refractivity contribution in [2.75, 3.05) is 75.9 Å². The Balaban J connectivity index is 1.19. The van der Waals surface area contributed by atoms with E-state index < -0.39 is 12.8 Å². The van der Waals surface area contributed by atoms with Crippen molar-refractivity contribution in [2.45, 2.75) is 63.3 Å². The quantitative estimate of drug-likeness (QED) is 0.214. The fraction of sp³-hybridized carbons (Fsp3) is 0.538. The average Bonchev–Trinajstić information content (AvgIpc) is 3.65. The van der Waals surface area contributed by atoms with Gasteiger partial charge < -0.3 is 24.2 Å². The number of ether oxygens (including phenoxy) is 2. The number of aromatic amines is 1. The summed E-state index contributed by atoms with van der Waals surface area (Å²) >= 11 is 0. The number of hydrogen-bond donors (Lipinski definition) is 1. The van der Waals surface area contributed by atoms with Gasteiger partial charge in [0.2, 0.25) is 11.9 Å². The third kappa shape index (κ3) is 6.17. The molecule has 4 saturated heterocycles. The van der Waals surface area contributed by atoms with Crippen LogP contribution in [0.15, 0.2) is 37.1 Å². The summed E-state index contributed by atoms with van der Waals surface area (Å²) in [4.78, 5) is 31.4. The molecule has 14 heteroatoms. The number of methoxy groups -OCH3 is 1. The van der Waals surface area contributed by atoms with Crippen molar-refractivity contribution in [3.8, 4) is 16.9 Å². The summed E-state index contributed by atoms with van der Waals surface area (Å²) < 4.78 is 53.9. The minimum atomic E-state index is -4.56. The van der Waals surface area contributed by atoms with Gasteiger partial charge in [-0.25, -0.2) is 4.98 Å². The number of amides is 1. The smallest absolute Gasteiger partial charge is 0.422 e. The number of halogens is 3. The molecular formula is C39H45F3N8O3. The maximum absolute atomic E-state index is 14.1. The monoisotopic (exact) mass is 730 g/mol. The van der Waals surface area contributed by atoms with E-state index in [2.05, 4.69) is 37.5 Å². The van der Waals surface area contributed by atoms with Crippen molar-refractivity contribution < 1.29 is 27.4 Å². The molecule has 1 spiro atoms. The van der Waals surface area contributed by atoms with E-state index in [0.29, 0.717) is 54.6 Å². The Kier molecular flexibility index (Phi) is 8.33. The first-order valence-electron chi connectivity index (χ1n) is 18.7. The van der Waals surface area contributed by atoms with Crippen LogP contribution in [0.3, 0.4) is 0 Å². The van der Waals surface area contributed by atoms with E-state index in [9.17, 15) is 18.0 Å². The number of alkyl halides is 3. The second kappa shape index (κ2) is 12.9. The molecule has 9 rings (SSSR count). The van der Waals surface area contributed by atoms with Gasteiger partial charge in [0.1, 0.15) is 11.3 Å². The van der Waals surface area contributed by atoms with Gasteiger partial charge in [0.15, 0.2) is 12.4 Å². The van der Waals surface area contributed by atoms with Gasteiger partial charge in [-0.15, -0.1) is 0 Å². The van der Waals surface area contributed by atoms with Gasteiger partial charge in [-0.2, -0.15) is 23.3 Å². The molecule has 4 aromatic rings. The second-order valence-corrected chi connectivity index (χ2v) is 15.8. The molecule has 4 aliphatic heterocycles. The van der Waals surface area contributed by atoms with E-state index >= 15 is 0 Å². The lowest BCUT2D eigenvalue weighted by Gasteiger charge is -2.54. The zero-order chi connectivity index (χ0) is 36.6. The summed E-state index contributed by atoms with van der Waals surface area (Å²) in [6, 6.07) is 6.37. The van der Waals surface area contributed by atoms with E-state index in [0.717, 1.165) is 91.7 Å². The number of nitrogens with zero attached hydrogens (tertiary/aromatic N) is 7. The third-order valence-corrected chi connectivity index (χ3v) is 12.3. The first-order chi connectivity index (χ1) is 25.5. The van der Waals surface area contributed by atoms with Crippen molar-refractivity contribution in [3.05, 3.63) is 48.2 Å². The fourth-order valence-corrected chi connectivity index (χ4v) is 9.03. The van der Waals surface area contributed by atoms with Crippen LogP contribution in [0.5, 0.6) is 5.75 Å². The molecule has 1 amide bonds. The number of carbonyl (C=O) groups is 1. The Morgan fingerprint density at radius 2 is 1.81 bits per heavy atom. The Morgan fingerprint density at radius 1 is 1.04 bits per heavy atom. The van der Waals surface area contributed by atoms with Gasteiger partial charge in [0, 0.05) is 87.3 Å². The third-order valence-electron chi connectivity index (χ3n) is 12.3. The van der Waals surface area contributed by atoms with Crippen molar-refractivity contribution in [1.29, 1.82) is 0 Å². The average molecular weight is 731 g/mol. The number of hydrogen-bond acceptors (Lipinski definition) is 9. The first kappa shape index (κ1) is 34.3. The number of nitrogens with one attached hydrogen (secondary N) is 1. The first-order valence-corrected chi connectivity index (χ1v) is 18.7. The molecule has 11 nitrogen and oxygen atoms in total. The Morgan fingerprint density at radius 3 is 2.51 bits per heavy atom. The maximum atomic E-state index is 14.1. The number of aryl methyl sites for hydroxylation is 1. The lowest BCUT2D eigenvalue weighted by Crippen LogP contribution is -2.61. The minimum absolute atomic E-state index is 0.0412. The van der Waals surface area contributed by atoms with Crippen LogP contribution in [0.25, 0.3) is 32.9 Å². The molecule has 1 aliphatic carbocycles. The molecule has 53 heavy (non-hydrogen) atoms. The molecule has 0 radical (unpaired) electrons. The molecule has 1 atom stereocenters. The molecule has 280 valence electrons. The van der Waals surface area contributed by atoms with E-state index in [1.54, 1.807) is 13.3 Å². The number of carbonyl (C=O) groups excluding carboxylic acids is 1. The Labute approximate surface area is 306 Å². The zero-order valence-corrected chi connectivity index (χ0v) is 30.2. The SMILES string of the molecule is C=CC(=O)N1CC2(CCN(c3nc(N4CC[C@@H](N5CC(OC)C5)C4)nc4c(OCC(F)(F)F)c(-c5c(C)ccc6[nH]ncc56)c(C5CC5)cc34)CC2)C1. The van der Waals surface area contributed by atoms with Crippen LogP contribution in [-0.2, 0) is 9.53 Å². The minimum Gasteiger partial charge on any atom is -0.481 e. The predicted molar refractivity (Wildman–Crippen MR) is 197 cm³/mol. The van der Waals surface area contributed by atoms with Crippen molar-refractivity contribution in [2.24, 2.45) is 5.41 Å². The normalized spacial score (nSPS) is 22.1. The van der Waals surface area contributed by atoms with Gasteiger partial charge >= 0.3 is 6.18 Å². The predicted octanol–water partition coefficient (Wildman–Crippen LogP) is 5.82.